The molecule has 1 aromatic rings. The highest BCUT2D eigenvalue weighted by atomic mass is 16.5. The van der Waals surface area contributed by atoms with Crippen LogP contribution in [0.15, 0.2) is 24.3 Å². The first kappa shape index (κ1) is 15.5. The molecule has 0 spiro atoms. The minimum Gasteiger partial charge on any atom is -0.374 e. The molecule has 20 heavy (non-hydrogen) atoms. The number of ether oxygens (including phenoxy) is 1. The van der Waals surface area contributed by atoms with Crippen molar-refractivity contribution in [3.63, 3.8) is 0 Å². The van der Waals surface area contributed by atoms with Crippen molar-refractivity contribution in [2.45, 2.75) is 64.0 Å². The summed E-state index contributed by atoms with van der Waals surface area (Å²) in [5.41, 5.74) is 5.49. The van der Waals surface area contributed by atoms with Gasteiger partial charge in [0.25, 0.3) is 0 Å². The summed E-state index contributed by atoms with van der Waals surface area (Å²) in [4.78, 5) is 0. The van der Waals surface area contributed by atoms with Gasteiger partial charge in [0.15, 0.2) is 0 Å². The van der Waals surface area contributed by atoms with Crippen LogP contribution in [0.5, 0.6) is 0 Å². The normalized spacial score (nSPS) is 20.2. The Bertz CT molecular complexity index is 431. The van der Waals surface area contributed by atoms with Crippen LogP contribution < -0.4 is 11.3 Å². The van der Waals surface area contributed by atoms with Crippen molar-refractivity contribution in [2.24, 2.45) is 5.84 Å². The predicted octanol–water partition coefficient (Wildman–Crippen LogP) is 3.66. The standard InChI is InChI=1S/C17H28N2O/c1-4-17(3,20-5-2)16(19-18)15-12-7-6-11-14(15)13-9-8-10-13/h6-7,11-13,16,19H,4-5,8-10,18H2,1-3H3. The summed E-state index contributed by atoms with van der Waals surface area (Å²) < 4.78 is 6.03. The highest BCUT2D eigenvalue weighted by Crippen LogP contribution is 2.42. The van der Waals surface area contributed by atoms with Gasteiger partial charge in [-0.2, -0.15) is 0 Å². The zero-order valence-electron chi connectivity index (χ0n) is 13.0. The Morgan fingerprint density at radius 1 is 1.35 bits per heavy atom. The molecule has 1 saturated carbocycles. The third kappa shape index (κ3) is 2.90. The van der Waals surface area contributed by atoms with E-state index in [1.54, 1.807) is 0 Å². The summed E-state index contributed by atoms with van der Waals surface area (Å²) in [5, 5.41) is 0. The van der Waals surface area contributed by atoms with Crippen LogP contribution in [0.25, 0.3) is 0 Å². The summed E-state index contributed by atoms with van der Waals surface area (Å²) in [6.45, 7) is 7.05. The van der Waals surface area contributed by atoms with Crippen molar-refractivity contribution in [3.05, 3.63) is 35.4 Å². The molecule has 3 N–H and O–H groups in total. The topological polar surface area (TPSA) is 47.3 Å². The van der Waals surface area contributed by atoms with E-state index in [1.807, 2.05) is 6.92 Å². The van der Waals surface area contributed by atoms with Crippen LogP contribution in [0, 0.1) is 0 Å². The summed E-state index contributed by atoms with van der Waals surface area (Å²) in [6, 6.07) is 8.72. The molecular formula is C17H28N2O. The largest absolute Gasteiger partial charge is 0.374 e. The zero-order valence-corrected chi connectivity index (χ0v) is 13.0. The van der Waals surface area contributed by atoms with Crippen LogP contribution in [0.2, 0.25) is 0 Å². The Morgan fingerprint density at radius 3 is 2.55 bits per heavy atom. The van der Waals surface area contributed by atoms with Crippen LogP contribution in [-0.2, 0) is 4.74 Å². The number of hydrogen-bond acceptors (Lipinski definition) is 3. The summed E-state index contributed by atoms with van der Waals surface area (Å²) in [7, 11) is 0. The molecule has 3 nitrogen and oxygen atoms in total. The highest BCUT2D eigenvalue weighted by molar-refractivity contribution is 5.35. The van der Waals surface area contributed by atoms with Crippen molar-refractivity contribution in [1.82, 2.24) is 5.43 Å². The van der Waals surface area contributed by atoms with Crippen LogP contribution in [0.1, 0.15) is 69.5 Å². The molecule has 1 aromatic carbocycles. The van der Waals surface area contributed by atoms with E-state index in [9.17, 15) is 0 Å². The smallest absolute Gasteiger partial charge is 0.0858 e. The first-order chi connectivity index (χ1) is 9.66. The van der Waals surface area contributed by atoms with Gasteiger partial charge in [0.2, 0.25) is 0 Å². The molecule has 0 aromatic heterocycles. The van der Waals surface area contributed by atoms with E-state index < -0.39 is 0 Å². The maximum Gasteiger partial charge on any atom is 0.0858 e. The number of nitrogens with one attached hydrogen (secondary N) is 1. The van der Waals surface area contributed by atoms with E-state index in [-0.39, 0.29) is 11.6 Å². The fourth-order valence-electron chi connectivity index (χ4n) is 3.18. The Hall–Kier alpha value is -0.900. The minimum atomic E-state index is -0.274. The fraction of sp³-hybridized carbons (Fsp3) is 0.647. The Labute approximate surface area is 122 Å². The molecule has 3 heteroatoms. The van der Waals surface area contributed by atoms with Gasteiger partial charge in [-0.3, -0.25) is 11.3 Å². The molecule has 0 radical (unpaired) electrons. The summed E-state index contributed by atoms with van der Waals surface area (Å²) >= 11 is 0. The van der Waals surface area contributed by atoms with E-state index in [0.29, 0.717) is 12.5 Å². The number of hydrazine groups is 1. The Balaban J connectivity index is 2.35. The molecule has 1 aliphatic rings. The lowest BCUT2D eigenvalue weighted by Crippen LogP contribution is -2.46. The molecule has 1 fully saturated rings. The second-order valence-electron chi connectivity index (χ2n) is 5.96. The molecule has 2 unspecified atom stereocenters. The lowest BCUT2D eigenvalue weighted by molar-refractivity contribution is -0.0567. The van der Waals surface area contributed by atoms with Gasteiger partial charge in [-0.05, 0) is 50.2 Å². The van der Waals surface area contributed by atoms with E-state index in [2.05, 4.69) is 43.5 Å². The van der Waals surface area contributed by atoms with Crippen molar-refractivity contribution in [2.75, 3.05) is 6.61 Å². The monoisotopic (exact) mass is 276 g/mol. The number of rotatable bonds is 7. The van der Waals surface area contributed by atoms with E-state index in [4.69, 9.17) is 10.6 Å². The van der Waals surface area contributed by atoms with Gasteiger partial charge in [-0.1, -0.05) is 37.6 Å². The van der Waals surface area contributed by atoms with Crippen molar-refractivity contribution in [3.8, 4) is 0 Å². The van der Waals surface area contributed by atoms with Gasteiger partial charge in [-0.25, -0.2) is 0 Å². The molecule has 0 saturated heterocycles. The molecule has 0 heterocycles. The second-order valence-corrected chi connectivity index (χ2v) is 5.96. The van der Waals surface area contributed by atoms with Crippen molar-refractivity contribution in [1.29, 1.82) is 0 Å². The lowest BCUT2D eigenvalue weighted by atomic mass is 9.75. The first-order valence-electron chi connectivity index (χ1n) is 7.85. The molecule has 2 rings (SSSR count). The van der Waals surface area contributed by atoms with Crippen molar-refractivity contribution >= 4 is 0 Å². The molecule has 0 aliphatic heterocycles. The third-order valence-electron chi connectivity index (χ3n) is 4.81. The van der Waals surface area contributed by atoms with E-state index in [0.717, 1.165) is 6.42 Å². The third-order valence-corrected chi connectivity index (χ3v) is 4.81. The van der Waals surface area contributed by atoms with Crippen LogP contribution >= 0.6 is 0 Å². The van der Waals surface area contributed by atoms with Crippen LogP contribution in [-0.4, -0.2) is 12.2 Å². The maximum atomic E-state index is 6.03. The predicted molar refractivity (Wildman–Crippen MR) is 83.4 cm³/mol. The lowest BCUT2D eigenvalue weighted by Gasteiger charge is -2.39. The van der Waals surface area contributed by atoms with Gasteiger partial charge in [0.1, 0.15) is 0 Å². The quantitative estimate of drug-likeness (QED) is 0.590. The highest BCUT2D eigenvalue weighted by Gasteiger charge is 2.36. The van der Waals surface area contributed by atoms with Crippen LogP contribution in [0.3, 0.4) is 0 Å². The minimum absolute atomic E-state index is 0.0317. The van der Waals surface area contributed by atoms with Gasteiger partial charge in [0, 0.05) is 6.61 Å². The zero-order chi connectivity index (χ0) is 14.6. The summed E-state index contributed by atoms with van der Waals surface area (Å²) in [5.74, 6) is 6.59. The summed E-state index contributed by atoms with van der Waals surface area (Å²) in [6.07, 6.45) is 4.86. The van der Waals surface area contributed by atoms with E-state index >= 15 is 0 Å². The SMILES string of the molecule is CCOC(C)(CC)C(NN)c1ccccc1C1CCC1. The van der Waals surface area contributed by atoms with Crippen molar-refractivity contribution < 1.29 is 4.74 Å². The van der Waals surface area contributed by atoms with Crippen LogP contribution in [0.4, 0.5) is 0 Å². The fourth-order valence-corrected chi connectivity index (χ4v) is 3.18. The van der Waals surface area contributed by atoms with E-state index in [1.165, 1.54) is 30.4 Å². The molecule has 1 aliphatic carbocycles. The average molecular weight is 276 g/mol. The molecular weight excluding hydrogens is 248 g/mol. The molecule has 2 atom stereocenters. The second kappa shape index (κ2) is 6.70. The first-order valence-corrected chi connectivity index (χ1v) is 7.85. The molecule has 0 bridgehead atoms. The average Bonchev–Trinajstić information content (AvgIpc) is 2.40. The Kier molecular flexibility index (Phi) is 5.19. The molecule has 0 amide bonds. The van der Waals surface area contributed by atoms with Gasteiger partial charge in [0.05, 0.1) is 11.6 Å². The van der Waals surface area contributed by atoms with Gasteiger partial charge >= 0.3 is 0 Å². The maximum absolute atomic E-state index is 6.03. The number of nitrogens with two attached hydrogens (primary N) is 1. The number of hydrogen-bond donors (Lipinski definition) is 2. The van der Waals surface area contributed by atoms with Gasteiger partial charge in [-0.15, -0.1) is 0 Å². The van der Waals surface area contributed by atoms with Gasteiger partial charge < -0.3 is 4.74 Å². The number of benzene rings is 1. The Morgan fingerprint density at radius 2 is 2.05 bits per heavy atom. The molecule has 112 valence electrons.